The Hall–Kier alpha value is -2.42. The molecule has 1 amide bonds. The number of nitrogens with zero attached hydrogens (tertiary/aromatic N) is 2. The lowest BCUT2D eigenvalue weighted by atomic mass is 10.1. The smallest absolute Gasteiger partial charge is 0.244 e. The van der Waals surface area contributed by atoms with E-state index in [-0.39, 0.29) is 5.91 Å². The van der Waals surface area contributed by atoms with E-state index in [1.165, 1.54) is 9.87 Å². The van der Waals surface area contributed by atoms with Gasteiger partial charge >= 0.3 is 0 Å². The van der Waals surface area contributed by atoms with E-state index in [9.17, 15) is 13.2 Å². The Morgan fingerprint density at radius 1 is 1.06 bits per heavy atom. The molecule has 0 radical (unpaired) electrons. The maximum atomic E-state index is 13.1. The van der Waals surface area contributed by atoms with E-state index in [2.05, 4.69) is 22.3 Å². The Bertz CT molecular complexity index is 1050. The molecule has 0 unspecified atom stereocenters. The second kappa shape index (κ2) is 11.1. The van der Waals surface area contributed by atoms with E-state index >= 15 is 0 Å². The second-order valence-corrected chi connectivity index (χ2v) is 10.5. The fourth-order valence-electron chi connectivity index (χ4n) is 4.01. The van der Waals surface area contributed by atoms with Crippen LogP contribution in [0.3, 0.4) is 0 Å². The number of morpholine rings is 1. The molecule has 2 aromatic carbocycles. The minimum absolute atomic E-state index is 0.307. The Labute approximate surface area is 197 Å². The molecule has 8 heteroatoms. The number of rotatable bonds is 9. The van der Waals surface area contributed by atoms with Crippen molar-refractivity contribution in [2.75, 3.05) is 36.9 Å². The second-order valence-electron chi connectivity index (χ2n) is 8.67. The lowest BCUT2D eigenvalue weighted by molar-refractivity contribution is -0.122. The average Bonchev–Trinajstić information content (AvgIpc) is 2.78. The van der Waals surface area contributed by atoms with E-state index in [1.807, 2.05) is 45.0 Å². The standard InChI is InChI=1S/C25H35N3O4S/c1-5-24(28(33(4,30)31)23-11-6-19(2)20(3)16-23)25(29)26-17-21-7-9-22(10-8-21)18-27-12-14-32-15-13-27/h6-11,16,24H,5,12-15,17-18H2,1-4H3,(H,26,29)/t24-/m0/s1. The summed E-state index contributed by atoms with van der Waals surface area (Å²) in [6.07, 6.45) is 1.51. The summed E-state index contributed by atoms with van der Waals surface area (Å²) in [5.41, 5.74) is 4.75. The first kappa shape index (κ1) is 25.2. The van der Waals surface area contributed by atoms with Crippen LogP contribution in [0.1, 0.15) is 35.6 Å². The SMILES string of the molecule is CC[C@@H](C(=O)NCc1ccc(CN2CCOCC2)cc1)N(c1ccc(C)c(C)c1)S(C)(=O)=O. The van der Waals surface area contributed by atoms with Crippen molar-refractivity contribution in [2.24, 2.45) is 0 Å². The lowest BCUT2D eigenvalue weighted by Crippen LogP contribution is -2.49. The molecule has 33 heavy (non-hydrogen) atoms. The molecule has 1 heterocycles. The van der Waals surface area contributed by atoms with Gasteiger partial charge in [0, 0.05) is 26.2 Å². The number of amides is 1. The quantitative estimate of drug-likeness (QED) is 0.606. The first-order chi connectivity index (χ1) is 15.7. The molecule has 1 saturated heterocycles. The fraction of sp³-hybridized carbons (Fsp3) is 0.480. The molecule has 1 fully saturated rings. The first-order valence-electron chi connectivity index (χ1n) is 11.4. The zero-order chi connectivity index (χ0) is 24.0. The number of benzene rings is 2. The van der Waals surface area contributed by atoms with Crippen molar-refractivity contribution in [3.8, 4) is 0 Å². The van der Waals surface area contributed by atoms with Crippen molar-refractivity contribution in [3.63, 3.8) is 0 Å². The summed E-state index contributed by atoms with van der Waals surface area (Å²) in [4.78, 5) is 15.4. The van der Waals surface area contributed by atoms with Crippen LogP contribution in [-0.4, -0.2) is 57.8 Å². The van der Waals surface area contributed by atoms with Gasteiger partial charge < -0.3 is 10.1 Å². The van der Waals surface area contributed by atoms with Gasteiger partial charge in [0.05, 0.1) is 25.2 Å². The zero-order valence-electron chi connectivity index (χ0n) is 20.0. The molecule has 0 aliphatic carbocycles. The third-order valence-corrected chi connectivity index (χ3v) is 7.25. The maximum absolute atomic E-state index is 13.1. The van der Waals surface area contributed by atoms with Crippen LogP contribution in [0.25, 0.3) is 0 Å². The fourth-order valence-corrected chi connectivity index (χ4v) is 5.21. The molecule has 0 saturated carbocycles. The topological polar surface area (TPSA) is 79.0 Å². The Morgan fingerprint density at radius 2 is 1.70 bits per heavy atom. The van der Waals surface area contributed by atoms with Crippen LogP contribution in [0.15, 0.2) is 42.5 Å². The number of carbonyl (C=O) groups excluding carboxylic acids is 1. The minimum atomic E-state index is -3.65. The maximum Gasteiger partial charge on any atom is 0.244 e. The van der Waals surface area contributed by atoms with Gasteiger partial charge in [0.2, 0.25) is 15.9 Å². The molecule has 1 aliphatic heterocycles. The van der Waals surface area contributed by atoms with Crippen LogP contribution in [0.2, 0.25) is 0 Å². The summed E-state index contributed by atoms with van der Waals surface area (Å²) in [7, 11) is -3.65. The highest BCUT2D eigenvalue weighted by Crippen LogP contribution is 2.25. The highest BCUT2D eigenvalue weighted by atomic mass is 32.2. The minimum Gasteiger partial charge on any atom is -0.379 e. The van der Waals surface area contributed by atoms with E-state index in [4.69, 9.17) is 4.74 Å². The van der Waals surface area contributed by atoms with E-state index in [0.29, 0.717) is 18.7 Å². The Morgan fingerprint density at radius 3 is 2.27 bits per heavy atom. The number of aryl methyl sites for hydroxylation is 2. The summed E-state index contributed by atoms with van der Waals surface area (Å²) in [6, 6.07) is 12.8. The summed E-state index contributed by atoms with van der Waals surface area (Å²) in [5.74, 6) is -0.307. The van der Waals surface area contributed by atoms with Gasteiger partial charge in [0.1, 0.15) is 6.04 Å². The lowest BCUT2D eigenvalue weighted by Gasteiger charge is -2.30. The molecule has 1 atom stereocenters. The number of ether oxygens (including phenoxy) is 1. The molecular weight excluding hydrogens is 438 g/mol. The van der Waals surface area contributed by atoms with Crippen LogP contribution in [0.4, 0.5) is 5.69 Å². The predicted octanol–water partition coefficient (Wildman–Crippen LogP) is 3.00. The highest BCUT2D eigenvalue weighted by molar-refractivity contribution is 7.92. The van der Waals surface area contributed by atoms with Gasteiger partial charge in [-0.3, -0.25) is 14.0 Å². The summed E-state index contributed by atoms with van der Waals surface area (Å²) in [6.45, 7) is 10.4. The van der Waals surface area contributed by atoms with Crippen LogP contribution in [0.5, 0.6) is 0 Å². The van der Waals surface area contributed by atoms with Gasteiger partial charge in [0.15, 0.2) is 0 Å². The van der Waals surface area contributed by atoms with E-state index < -0.39 is 16.1 Å². The van der Waals surface area contributed by atoms with Crippen LogP contribution in [-0.2, 0) is 32.6 Å². The van der Waals surface area contributed by atoms with Crippen LogP contribution >= 0.6 is 0 Å². The number of hydrogen-bond donors (Lipinski definition) is 1. The van der Waals surface area contributed by atoms with Gasteiger partial charge in [-0.2, -0.15) is 0 Å². The van der Waals surface area contributed by atoms with Gasteiger partial charge in [-0.05, 0) is 54.7 Å². The Kier molecular flexibility index (Phi) is 8.51. The third kappa shape index (κ3) is 6.79. The van der Waals surface area contributed by atoms with Gasteiger partial charge in [-0.25, -0.2) is 8.42 Å². The normalized spacial score (nSPS) is 15.8. The van der Waals surface area contributed by atoms with Crippen LogP contribution < -0.4 is 9.62 Å². The molecule has 0 spiro atoms. The molecular formula is C25H35N3O4S. The molecule has 0 bridgehead atoms. The van der Waals surface area contributed by atoms with E-state index in [1.54, 1.807) is 6.07 Å². The molecule has 2 aromatic rings. The number of hydrogen-bond acceptors (Lipinski definition) is 5. The average molecular weight is 474 g/mol. The van der Waals surface area contributed by atoms with Crippen LogP contribution in [0, 0.1) is 13.8 Å². The molecule has 1 aliphatic rings. The third-order valence-electron chi connectivity index (χ3n) is 6.07. The van der Waals surface area contributed by atoms with Crippen molar-refractivity contribution in [2.45, 2.75) is 46.3 Å². The summed E-state index contributed by atoms with van der Waals surface area (Å²) < 4.78 is 31.9. The molecule has 1 N–H and O–H groups in total. The number of sulfonamides is 1. The number of anilines is 1. The molecule has 7 nitrogen and oxygen atoms in total. The van der Waals surface area contributed by atoms with Crippen molar-refractivity contribution in [1.82, 2.24) is 10.2 Å². The molecule has 0 aromatic heterocycles. The first-order valence-corrected chi connectivity index (χ1v) is 13.3. The van der Waals surface area contributed by atoms with Gasteiger partial charge in [-0.1, -0.05) is 37.3 Å². The number of nitrogens with one attached hydrogen (secondary N) is 1. The molecule has 3 rings (SSSR count). The van der Waals surface area contributed by atoms with Crippen molar-refractivity contribution >= 4 is 21.6 Å². The van der Waals surface area contributed by atoms with Crippen molar-refractivity contribution in [3.05, 3.63) is 64.7 Å². The van der Waals surface area contributed by atoms with Crippen molar-refractivity contribution < 1.29 is 17.9 Å². The predicted molar refractivity (Wildman–Crippen MR) is 132 cm³/mol. The van der Waals surface area contributed by atoms with Gasteiger partial charge in [-0.15, -0.1) is 0 Å². The summed E-state index contributed by atoms with van der Waals surface area (Å²) in [5, 5.41) is 2.93. The zero-order valence-corrected chi connectivity index (χ0v) is 20.8. The highest BCUT2D eigenvalue weighted by Gasteiger charge is 2.31. The monoisotopic (exact) mass is 473 g/mol. The Balaban J connectivity index is 1.67. The summed E-state index contributed by atoms with van der Waals surface area (Å²) >= 11 is 0. The number of carbonyl (C=O) groups is 1. The van der Waals surface area contributed by atoms with Gasteiger partial charge in [0.25, 0.3) is 0 Å². The van der Waals surface area contributed by atoms with Crippen molar-refractivity contribution in [1.29, 1.82) is 0 Å². The molecule has 180 valence electrons. The largest absolute Gasteiger partial charge is 0.379 e. The van der Waals surface area contributed by atoms with E-state index in [0.717, 1.165) is 55.8 Å².